The van der Waals surface area contributed by atoms with Crippen LogP contribution in [-0.2, 0) is 17.7 Å². The van der Waals surface area contributed by atoms with Gasteiger partial charge in [0.05, 0.1) is 43.0 Å². The lowest BCUT2D eigenvalue weighted by molar-refractivity contribution is 0.0995. The molecule has 2 amide bonds. The molecule has 2 heterocycles. The first-order chi connectivity index (χ1) is 12.9. The molecular formula is C17H24N6O4. The fourth-order valence-electron chi connectivity index (χ4n) is 2.59. The summed E-state index contributed by atoms with van der Waals surface area (Å²) >= 11 is 0. The molecule has 0 aliphatic heterocycles. The van der Waals surface area contributed by atoms with Gasteiger partial charge >= 0.3 is 0 Å². The van der Waals surface area contributed by atoms with Crippen LogP contribution in [0.3, 0.4) is 0 Å². The van der Waals surface area contributed by atoms with Gasteiger partial charge in [-0.3, -0.25) is 14.3 Å². The number of amides is 2. The highest BCUT2D eigenvalue weighted by atomic mass is 16.5. The van der Waals surface area contributed by atoms with Gasteiger partial charge in [0.25, 0.3) is 11.8 Å². The summed E-state index contributed by atoms with van der Waals surface area (Å²) in [5.74, 6) is -1.12. The molecule has 0 unspecified atom stereocenters. The highest BCUT2D eigenvalue weighted by molar-refractivity contribution is 6.09. The number of carbonyl (C=O) groups excluding carboxylic acids is 2. The molecule has 0 bridgehead atoms. The van der Waals surface area contributed by atoms with Crippen LogP contribution in [0.4, 0.5) is 11.4 Å². The lowest BCUT2D eigenvalue weighted by atomic mass is 10.2. The van der Waals surface area contributed by atoms with E-state index in [2.05, 4.69) is 15.4 Å². The molecule has 2 aromatic heterocycles. The van der Waals surface area contributed by atoms with Crippen molar-refractivity contribution in [2.45, 2.75) is 26.8 Å². The van der Waals surface area contributed by atoms with Crippen molar-refractivity contribution >= 4 is 23.2 Å². The van der Waals surface area contributed by atoms with Gasteiger partial charge in [-0.15, -0.1) is 0 Å². The molecule has 0 aliphatic carbocycles. The van der Waals surface area contributed by atoms with Crippen LogP contribution in [0, 0.1) is 0 Å². The normalized spacial score (nSPS) is 10.6. The zero-order valence-corrected chi connectivity index (χ0v) is 15.6. The third kappa shape index (κ3) is 4.53. The molecule has 5 N–H and O–H groups in total. The van der Waals surface area contributed by atoms with Crippen LogP contribution in [0.25, 0.3) is 0 Å². The third-order valence-corrected chi connectivity index (χ3v) is 3.77. The Morgan fingerprint density at radius 2 is 2.07 bits per heavy atom. The smallest absolute Gasteiger partial charge is 0.271 e. The molecule has 146 valence electrons. The van der Waals surface area contributed by atoms with Crippen molar-refractivity contribution in [3.05, 3.63) is 29.2 Å². The van der Waals surface area contributed by atoms with Crippen LogP contribution in [0.5, 0.6) is 5.88 Å². The van der Waals surface area contributed by atoms with Gasteiger partial charge in [0.1, 0.15) is 5.56 Å². The summed E-state index contributed by atoms with van der Waals surface area (Å²) in [6.45, 7) is 4.81. The summed E-state index contributed by atoms with van der Waals surface area (Å²) < 4.78 is 12.0. The second-order valence-electron chi connectivity index (χ2n) is 5.61. The van der Waals surface area contributed by atoms with E-state index in [9.17, 15) is 9.59 Å². The van der Waals surface area contributed by atoms with Gasteiger partial charge in [0, 0.05) is 7.11 Å². The van der Waals surface area contributed by atoms with Crippen molar-refractivity contribution in [3.8, 4) is 5.88 Å². The van der Waals surface area contributed by atoms with Crippen LogP contribution in [0.1, 0.15) is 40.4 Å². The minimum absolute atomic E-state index is 0.0221. The standard InChI is InChI=1S/C17H24N6O4/c1-4-12-13(14(15(19)24)22-23(12)6-7-26-3)21-16(25)11-8-10(18)9-20-17(11)27-5-2/h8-9H,4-7,18H2,1-3H3,(H2,19,24)(H,21,25). The molecule has 10 heteroatoms. The molecule has 0 fully saturated rings. The molecule has 0 aliphatic rings. The Bertz CT molecular complexity index is 833. The Balaban J connectivity index is 2.44. The minimum Gasteiger partial charge on any atom is -0.477 e. The number of ether oxygens (including phenoxy) is 2. The highest BCUT2D eigenvalue weighted by Gasteiger charge is 2.24. The minimum atomic E-state index is -0.744. The van der Waals surface area contributed by atoms with Crippen LogP contribution in [-0.4, -0.2) is 46.9 Å². The van der Waals surface area contributed by atoms with Gasteiger partial charge < -0.3 is 26.3 Å². The van der Waals surface area contributed by atoms with Gasteiger partial charge in [0.15, 0.2) is 5.69 Å². The maximum Gasteiger partial charge on any atom is 0.271 e. The Hall–Kier alpha value is -3.14. The molecular weight excluding hydrogens is 352 g/mol. The van der Waals surface area contributed by atoms with E-state index in [0.717, 1.165) is 0 Å². The van der Waals surface area contributed by atoms with E-state index < -0.39 is 11.8 Å². The van der Waals surface area contributed by atoms with Gasteiger partial charge in [0.2, 0.25) is 5.88 Å². The SMILES string of the molecule is CCOc1ncc(N)cc1C(=O)Nc1c(C(N)=O)nn(CCOC)c1CC. The number of primary amides is 1. The quantitative estimate of drug-likeness (QED) is 0.587. The van der Waals surface area contributed by atoms with Gasteiger partial charge in [-0.05, 0) is 19.4 Å². The maximum absolute atomic E-state index is 12.8. The van der Waals surface area contributed by atoms with Crippen molar-refractivity contribution < 1.29 is 19.1 Å². The summed E-state index contributed by atoms with van der Waals surface area (Å²) in [6, 6.07) is 1.46. The molecule has 0 saturated heterocycles. The monoisotopic (exact) mass is 376 g/mol. The summed E-state index contributed by atoms with van der Waals surface area (Å²) in [5.41, 5.74) is 12.5. The van der Waals surface area contributed by atoms with Gasteiger partial charge in [-0.1, -0.05) is 6.92 Å². The first kappa shape index (κ1) is 20.2. The van der Waals surface area contributed by atoms with Crippen molar-refractivity contribution in [1.29, 1.82) is 0 Å². The Morgan fingerprint density at radius 3 is 2.67 bits per heavy atom. The van der Waals surface area contributed by atoms with Crippen LogP contribution in [0.15, 0.2) is 12.3 Å². The number of pyridine rings is 1. The average Bonchev–Trinajstić information content (AvgIpc) is 2.99. The molecule has 0 saturated carbocycles. The number of nitrogens with zero attached hydrogens (tertiary/aromatic N) is 3. The van der Waals surface area contributed by atoms with Gasteiger partial charge in [-0.25, -0.2) is 4.98 Å². The number of hydrogen-bond donors (Lipinski definition) is 3. The van der Waals surface area contributed by atoms with Crippen LogP contribution >= 0.6 is 0 Å². The Labute approximate surface area is 156 Å². The molecule has 0 atom stereocenters. The molecule has 0 radical (unpaired) electrons. The van der Waals surface area contributed by atoms with E-state index >= 15 is 0 Å². The topological polar surface area (TPSA) is 147 Å². The average molecular weight is 376 g/mol. The van der Waals surface area contributed by atoms with Crippen molar-refractivity contribution in [3.63, 3.8) is 0 Å². The summed E-state index contributed by atoms with van der Waals surface area (Å²) in [6.07, 6.45) is 1.92. The fourth-order valence-corrected chi connectivity index (χ4v) is 2.59. The lowest BCUT2D eigenvalue weighted by Crippen LogP contribution is -2.19. The predicted octanol–water partition coefficient (Wildman–Crippen LogP) is 0.819. The van der Waals surface area contributed by atoms with Crippen molar-refractivity contribution in [1.82, 2.24) is 14.8 Å². The second-order valence-corrected chi connectivity index (χ2v) is 5.61. The number of nitrogens with two attached hydrogens (primary N) is 2. The first-order valence-electron chi connectivity index (χ1n) is 8.50. The zero-order valence-electron chi connectivity index (χ0n) is 15.6. The van der Waals surface area contributed by atoms with Crippen LogP contribution in [0.2, 0.25) is 0 Å². The van der Waals surface area contributed by atoms with E-state index in [4.69, 9.17) is 20.9 Å². The fraction of sp³-hybridized carbons (Fsp3) is 0.412. The number of nitrogen functional groups attached to an aromatic ring is 1. The van der Waals surface area contributed by atoms with Crippen molar-refractivity contribution in [2.24, 2.45) is 5.73 Å². The number of aromatic nitrogens is 3. The van der Waals surface area contributed by atoms with E-state index in [1.54, 1.807) is 18.7 Å². The highest BCUT2D eigenvalue weighted by Crippen LogP contribution is 2.25. The van der Waals surface area contributed by atoms with E-state index in [-0.39, 0.29) is 22.8 Å². The second kappa shape index (κ2) is 8.99. The number of anilines is 2. The molecule has 0 spiro atoms. The molecule has 2 rings (SSSR count). The number of carbonyl (C=O) groups is 2. The number of nitrogens with one attached hydrogen (secondary N) is 1. The van der Waals surface area contributed by atoms with E-state index in [1.807, 2.05) is 6.92 Å². The molecule has 0 aromatic carbocycles. The number of methoxy groups -OCH3 is 1. The third-order valence-electron chi connectivity index (χ3n) is 3.77. The van der Waals surface area contributed by atoms with Gasteiger partial charge in [-0.2, -0.15) is 5.10 Å². The Morgan fingerprint density at radius 1 is 1.33 bits per heavy atom. The largest absolute Gasteiger partial charge is 0.477 e. The first-order valence-corrected chi connectivity index (χ1v) is 8.50. The van der Waals surface area contributed by atoms with E-state index in [1.165, 1.54) is 12.3 Å². The Kier molecular flexibility index (Phi) is 6.72. The predicted molar refractivity (Wildman–Crippen MR) is 99.8 cm³/mol. The molecule has 27 heavy (non-hydrogen) atoms. The summed E-state index contributed by atoms with van der Waals surface area (Å²) in [4.78, 5) is 28.7. The van der Waals surface area contributed by atoms with Crippen LogP contribution < -0.4 is 21.5 Å². The molecule has 2 aromatic rings. The van der Waals surface area contributed by atoms with E-state index in [0.29, 0.717) is 37.6 Å². The molecule has 10 nitrogen and oxygen atoms in total. The van der Waals surface area contributed by atoms with Crippen molar-refractivity contribution in [2.75, 3.05) is 31.4 Å². The number of rotatable bonds is 9. The summed E-state index contributed by atoms with van der Waals surface area (Å²) in [7, 11) is 1.56. The lowest BCUT2D eigenvalue weighted by Gasteiger charge is -2.12. The summed E-state index contributed by atoms with van der Waals surface area (Å²) in [5, 5.41) is 6.93. The number of hydrogen-bond acceptors (Lipinski definition) is 7. The maximum atomic E-state index is 12.8. The zero-order chi connectivity index (χ0) is 20.0.